The van der Waals surface area contributed by atoms with Crippen molar-refractivity contribution in [3.05, 3.63) is 46.8 Å². The number of rotatable bonds is 6. The molecule has 0 saturated carbocycles. The third kappa shape index (κ3) is 3.56. The first-order valence-corrected chi connectivity index (χ1v) is 8.43. The van der Waals surface area contributed by atoms with Crippen molar-refractivity contribution in [2.45, 2.75) is 25.0 Å². The highest BCUT2D eigenvalue weighted by atomic mass is 32.2. The summed E-state index contributed by atoms with van der Waals surface area (Å²) in [5.41, 5.74) is 1.62. The van der Waals surface area contributed by atoms with Crippen molar-refractivity contribution in [2.24, 2.45) is 0 Å². The summed E-state index contributed by atoms with van der Waals surface area (Å²) in [5, 5.41) is 26.6. The van der Waals surface area contributed by atoms with Crippen LogP contribution in [-0.2, 0) is 17.8 Å². The Bertz CT molecular complexity index is 996. The minimum atomic E-state index is -1.05. The number of aliphatic carboxylic acids is 1. The van der Waals surface area contributed by atoms with E-state index in [9.17, 15) is 9.90 Å². The number of nitriles is 1. The Labute approximate surface area is 148 Å². The number of para-hydroxylation sites is 1. The summed E-state index contributed by atoms with van der Waals surface area (Å²) in [6, 6.07) is 9.69. The number of aromatic nitrogens is 4. The van der Waals surface area contributed by atoms with Crippen molar-refractivity contribution in [3.63, 3.8) is 0 Å². The molecule has 3 rings (SSSR count). The Morgan fingerprint density at radius 2 is 2.28 bits per heavy atom. The molecule has 8 heteroatoms. The van der Waals surface area contributed by atoms with E-state index in [-0.39, 0.29) is 11.4 Å². The number of hydrogen-bond acceptors (Lipinski definition) is 5. The van der Waals surface area contributed by atoms with Gasteiger partial charge in [-0.25, -0.2) is 9.78 Å². The molecule has 0 aliphatic carbocycles. The molecule has 0 saturated heterocycles. The number of carboxylic acid groups (broad SMARTS) is 1. The lowest BCUT2D eigenvalue weighted by atomic mass is 10.1. The molecule has 0 atom stereocenters. The molecule has 7 nitrogen and oxygen atoms in total. The number of nitrogens with zero attached hydrogens (tertiary/aromatic N) is 4. The van der Waals surface area contributed by atoms with Gasteiger partial charge in [-0.1, -0.05) is 25.1 Å². The molecular weight excluding hydrogens is 338 g/mol. The maximum absolute atomic E-state index is 11.6. The van der Waals surface area contributed by atoms with Crippen molar-refractivity contribution in [1.29, 1.82) is 5.26 Å². The smallest absolute Gasteiger partial charge is 0.342 e. The molecule has 1 aromatic carbocycles. The predicted octanol–water partition coefficient (Wildman–Crippen LogP) is 3.06. The van der Waals surface area contributed by atoms with E-state index in [0.717, 1.165) is 28.2 Å². The van der Waals surface area contributed by atoms with E-state index in [0.29, 0.717) is 17.4 Å². The van der Waals surface area contributed by atoms with Crippen LogP contribution >= 0.6 is 11.8 Å². The van der Waals surface area contributed by atoms with Gasteiger partial charge in [0, 0.05) is 29.1 Å². The fourth-order valence-electron chi connectivity index (χ4n) is 2.45. The third-order valence-corrected chi connectivity index (χ3v) is 4.48. The number of aryl methyl sites for hydroxylation is 1. The highest BCUT2D eigenvalue weighted by molar-refractivity contribution is 8.04. The molecule has 0 unspecified atom stereocenters. The fourth-order valence-corrected chi connectivity index (χ4v) is 3.17. The summed E-state index contributed by atoms with van der Waals surface area (Å²) in [7, 11) is 0. The molecule has 0 aliphatic heterocycles. The number of thioether (sulfide) groups is 1. The van der Waals surface area contributed by atoms with Crippen LogP contribution in [-0.4, -0.2) is 30.8 Å². The van der Waals surface area contributed by atoms with E-state index in [1.54, 1.807) is 16.8 Å². The van der Waals surface area contributed by atoms with Crippen LogP contribution in [0.1, 0.15) is 18.3 Å². The lowest BCUT2D eigenvalue weighted by molar-refractivity contribution is -0.131. The predicted molar refractivity (Wildman–Crippen MR) is 94.8 cm³/mol. The molecule has 25 heavy (non-hydrogen) atoms. The molecule has 0 radical (unpaired) electrons. The molecule has 0 spiro atoms. The van der Waals surface area contributed by atoms with E-state index >= 15 is 0 Å². The Hall–Kier alpha value is -3.05. The average molecular weight is 353 g/mol. The lowest BCUT2D eigenvalue weighted by Crippen LogP contribution is -1.97. The number of nitrogens with one attached hydrogen (secondary N) is 1. The van der Waals surface area contributed by atoms with Crippen LogP contribution in [0.3, 0.4) is 0 Å². The zero-order valence-corrected chi connectivity index (χ0v) is 14.2. The monoisotopic (exact) mass is 353 g/mol. The molecule has 0 amide bonds. The fraction of sp³-hybridized carbons (Fsp3) is 0.176. The van der Waals surface area contributed by atoms with Gasteiger partial charge in [0.25, 0.3) is 0 Å². The molecule has 2 aromatic heterocycles. The largest absolute Gasteiger partial charge is 0.477 e. The Kier molecular flexibility index (Phi) is 4.86. The van der Waals surface area contributed by atoms with Crippen LogP contribution < -0.4 is 0 Å². The minimum Gasteiger partial charge on any atom is -0.477 e. The standard InChI is InChI=1S/C17H15N5O2S/c1-2-15-19-17(21-20-15)25-14(16(23)24)9-11-10-22(8-7-18)13-6-4-3-5-12(11)13/h3-6,9-10H,2,8H2,1H3,(H,23,24)(H,19,20,21)/b14-9-. The SMILES string of the molecule is CCc1nc(S/C(=C\c2cn(CC#N)c3ccccc23)C(=O)O)n[nH]1. The molecule has 0 fully saturated rings. The lowest BCUT2D eigenvalue weighted by Gasteiger charge is -1.98. The van der Waals surface area contributed by atoms with E-state index < -0.39 is 5.97 Å². The molecule has 0 bridgehead atoms. The van der Waals surface area contributed by atoms with Crippen molar-refractivity contribution >= 4 is 34.7 Å². The van der Waals surface area contributed by atoms with Gasteiger partial charge in [-0.3, -0.25) is 5.10 Å². The second-order valence-corrected chi connectivity index (χ2v) is 6.23. The van der Waals surface area contributed by atoms with Crippen molar-refractivity contribution < 1.29 is 9.90 Å². The van der Waals surface area contributed by atoms with Gasteiger partial charge in [0.2, 0.25) is 5.16 Å². The maximum atomic E-state index is 11.6. The Morgan fingerprint density at radius 1 is 1.48 bits per heavy atom. The minimum absolute atomic E-state index is 0.113. The Morgan fingerprint density at radius 3 is 2.96 bits per heavy atom. The Balaban J connectivity index is 2.02. The van der Waals surface area contributed by atoms with Crippen LogP contribution in [0.15, 0.2) is 40.5 Å². The normalized spacial score (nSPS) is 11.6. The number of fused-ring (bicyclic) bond motifs is 1. The van der Waals surface area contributed by atoms with Gasteiger partial charge in [-0.05, 0) is 23.9 Å². The number of H-pyrrole nitrogens is 1. The van der Waals surface area contributed by atoms with E-state index in [1.807, 2.05) is 31.2 Å². The van der Waals surface area contributed by atoms with Gasteiger partial charge in [0.1, 0.15) is 17.3 Å². The van der Waals surface area contributed by atoms with Crippen LogP contribution in [0.4, 0.5) is 0 Å². The second kappa shape index (κ2) is 7.23. The van der Waals surface area contributed by atoms with Gasteiger partial charge in [0.05, 0.1) is 6.07 Å². The zero-order valence-electron chi connectivity index (χ0n) is 13.4. The highest BCUT2D eigenvalue weighted by Crippen LogP contribution is 2.29. The summed E-state index contributed by atoms with van der Waals surface area (Å²) in [5.74, 6) is -0.345. The molecule has 0 aliphatic rings. The van der Waals surface area contributed by atoms with Crippen molar-refractivity contribution in [3.8, 4) is 6.07 Å². The van der Waals surface area contributed by atoms with E-state index in [4.69, 9.17) is 5.26 Å². The number of benzene rings is 1. The van der Waals surface area contributed by atoms with Gasteiger partial charge < -0.3 is 9.67 Å². The van der Waals surface area contributed by atoms with Gasteiger partial charge in [0.15, 0.2) is 0 Å². The van der Waals surface area contributed by atoms with Gasteiger partial charge in [-0.15, -0.1) is 5.10 Å². The van der Waals surface area contributed by atoms with Crippen molar-refractivity contribution in [1.82, 2.24) is 19.7 Å². The molecule has 2 heterocycles. The van der Waals surface area contributed by atoms with Crippen LogP contribution in [0, 0.1) is 11.3 Å². The quantitative estimate of drug-likeness (QED) is 0.521. The number of aromatic amines is 1. The average Bonchev–Trinajstić information content (AvgIpc) is 3.20. The van der Waals surface area contributed by atoms with Gasteiger partial charge >= 0.3 is 5.97 Å². The molecule has 3 aromatic rings. The molecule has 126 valence electrons. The number of hydrogen-bond donors (Lipinski definition) is 2. The van der Waals surface area contributed by atoms with E-state index in [1.165, 1.54) is 0 Å². The van der Waals surface area contributed by atoms with Gasteiger partial charge in [-0.2, -0.15) is 5.26 Å². The topological polar surface area (TPSA) is 108 Å². The molecule has 2 N–H and O–H groups in total. The van der Waals surface area contributed by atoms with Crippen LogP contribution in [0.5, 0.6) is 0 Å². The summed E-state index contributed by atoms with van der Waals surface area (Å²) >= 11 is 0.993. The summed E-state index contributed by atoms with van der Waals surface area (Å²) in [4.78, 5) is 16.0. The maximum Gasteiger partial charge on any atom is 0.342 e. The summed E-state index contributed by atoms with van der Waals surface area (Å²) in [6.07, 6.45) is 4.07. The first-order valence-electron chi connectivity index (χ1n) is 7.61. The summed E-state index contributed by atoms with van der Waals surface area (Å²) < 4.78 is 1.80. The highest BCUT2D eigenvalue weighted by Gasteiger charge is 2.15. The third-order valence-electron chi connectivity index (χ3n) is 3.61. The number of carboxylic acids is 1. The first kappa shape index (κ1) is 16.8. The number of carbonyl (C=O) groups is 1. The van der Waals surface area contributed by atoms with E-state index in [2.05, 4.69) is 21.3 Å². The van der Waals surface area contributed by atoms with Crippen molar-refractivity contribution in [2.75, 3.05) is 0 Å². The summed E-state index contributed by atoms with van der Waals surface area (Å²) in [6.45, 7) is 2.14. The second-order valence-electron chi connectivity index (χ2n) is 5.22. The zero-order chi connectivity index (χ0) is 17.8. The molecular formula is C17H15N5O2S. The van der Waals surface area contributed by atoms with Crippen LogP contribution in [0.25, 0.3) is 17.0 Å². The van der Waals surface area contributed by atoms with Crippen LogP contribution in [0.2, 0.25) is 0 Å². The first-order chi connectivity index (χ1) is 12.1.